The number of thiophene rings is 1. The lowest BCUT2D eigenvalue weighted by Gasteiger charge is -2.18. The van der Waals surface area contributed by atoms with E-state index in [9.17, 15) is 0 Å². The van der Waals surface area contributed by atoms with Gasteiger partial charge >= 0.3 is 0 Å². The van der Waals surface area contributed by atoms with E-state index in [1.807, 2.05) is 17.5 Å². The summed E-state index contributed by atoms with van der Waals surface area (Å²) in [4.78, 5) is 7.82. The fourth-order valence-corrected chi connectivity index (χ4v) is 4.78. The summed E-state index contributed by atoms with van der Waals surface area (Å²) in [5, 5.41) is 15.9. The zero-order valence-corrected chi connectivity index (χ0v) is 17.6. The van der Waals surface area contributed by atoms with Gasteiger partial charge in [-0.05, 0) is 43.3 Å². The number of benzene rings is 1. The summed E-state index contributed by atoms with van der Waals surface area (Å²) in [6.45, 7) is 4.12. The van der Waals surface area contributed by atoms with Crippen molar-refractivity contribution in [3.05, 3.63) is 53.2 Å². The van der Waals surface area contributed by atoms with Gasteiger partial charge in [0.15, 0.2) is 5.16 Å². The average Bonchev–Trinajstić information content (AvgIpc) is 3.54. The molecule has 5 rings (SSSR count). The first-order chi connectivity index (χ1) is 14.3. The number of thioether (sulfide) groups is 1. The molecule has 1 aliphatic rings. The highest BCUT2D eigenvalue weighted by Crippen LogP contribution is 2.31. The van der Waals surface area contributed by atoms with Crippen LogP contribution in [0.25, 0.3) is 16.4 Å². The van der Waals surface area contributed by atoms with E-state index in [4.69, 9.17) is 4.52 Å². The molecule has 0 saturated carbocycles. The molecule has 0 N–H and O–H groups in total. The Balaban J connectivity index is 1.41. The summed E-state index contributed by atoms with van der Waals surface area (Å²) in [5.41, 5.74) is 2.29. The van der Waals surface area contributed by atoms with Crippen LogP contribution in [0.15, 0.2) is 51.5 Å². The molecule has 148 valence electrons. The van der Waals surface area contributed by atoms with E-state index in [1.165, 1.54) is 18.4 Å². The van der Waals surface area contributed by atoms with Crippen molar-refractivity contribution in [3.63, 3.8) is 0 Å². The molecule has 1 fully saturated rings. The second-order valence-corrected chi connectivity index (χ2v) is 8.82. The zero-order valence-electron chi connectivity index (χ0n) is 16.0. The Hall–Kier alpha value is -2.65. The lowest BCUT2D eigenvalue weighted by Crippen LogP contribution is -2.22. The molecule has 0 atom stereocenters. The third-order valence-electron chi connectivity index (χ3n) is 4.83. The van der Waals surface area contributed by atoms with Crippen molar-refractivity contribution in [2.45, 2.75) is 30.7 Å². The van der Waals surface area contributed by atoms with Crippen LogP contribution < -0.4 is 4.90 Å². The van der Waals surface area contributed by atoms with Crippen LogP contribution in [0.3, 0.4) is 0 Å². The van der Waals surface area contributed by atoms with Crippen molar-refractivity contribution < 1.29 is 4.52 Å². The van der Waals surface area contributed by atoms with Gasteiger partial charge in [0.05, 0.1) is 16.3 Å². The quantitative estimate of drug-likeness (QED) is 0.420. The Morgan fingerprint density at radius 3 is 2.69 bits per heavy atom. The maximum Gasteiger partial charge on any atom is 0.237 e. The Morgan fingerprint density at radius 1 is 1.10 bits per heavy atom. The Bertz CT molecular complexity index is 1080. The first-order valence-corrected chi connectivity index (χ1v) is 11.4. The Labute approximate surface area is 176 Å². The second kappa shape index (κ2) is 8.00. The monoisotopic (exact) mass is 424 g/mol. The minimum atomic E-state index is 0.544. The molecule has 7 nitrogen and oxygen atoms in total. The van der Waals surface area contributed by atoms with Crippen LogP contribution in [-0.4, -0.2) is 38.0 Å². The van der Waals surface area contributed by atoms with E-state index in [1.54, 1.807) is 23.1 Å². The molecule has 0 unspecified atom stereocenters. The molecule has 0 bridgehead atoms. The SMILES string of the molecule is Cc1ccc(-n2c(SCc3nc(-c4cccs4)no3)nnc2N2CCCC2)cc1. The Kier molecular flexibility index (Phi) is 5.07. The standard InChI is InChI=1S/C20H20N6OS2/c1-14-6-8-15(9-7-14)26-19(25-10-2-3-11-25)22-23-20(26)29-13-17-21-18(24-27-17)16-5-4-12-28-16/h4-9,12H,2-3,10-11,13H2,1H3. The summed E-state index contributed by atoms with van der Waals surface area (Å²) < 4.78 is 7.57. The lowest BCUT2D eigenvalue weighted by molar-refractivity contribution is 0.391. The smallest absolute Gasteiger partial charge is 0.237 e. The predicted octanol–water partition coefficient (Wildman–Crippen LogP) is 4.58. The first-order valence-electron chi connectivity index (χ1n) is 9.54. The predicted molar refractivity (Wildman–Crippen MR) is 115 cm³/mol. The van der Waals surface area contributed by atoms with Crippen molar-refractivity contribution in [3.8, 4) is 16.4 Å². The van der Waals surface area contributed by atoms with Gasteiger partial charge in [-0.15, -0.1) is 21.5 Å². The van der Waals surface area contributed by atoms with Gasteiger partial charge in [-0.3, -0.25) is 4.57 Å². The van der Waals surface area contributed by atoms with Crippen LogP contribution >= 0.6 is 23.1 Å². The summed E-state index contributed by atoms with van der Waals surface area (Å²) in [6.07, 6.45) is 2.38. The highest BCUT2D eigenvalue weighted by Gasteiger charge is 2.23. The molecule has 1 aliphatic heterocycles. The fraction of sp³-hybridized carbons (Fsp3) is 0.300. The summed E-state index contributed by atoms with van der Waals surface area (Å²) in [5.74, 6) is 2.66. The van der Waals surface area contributed by atoms with Crippen LogP contribution in [0.4, 0.5) is 5.95 Å². The third-order valence-corrected chi connectivity index (χ3v) is 6.61. The normalized spacial score (nSPS) is 14.0. The fourth-order valence-electron chi connectivity index (χ4n) is 3.34. The van der Waals surface area contributed by atoms with E-state index in [0.29, 0.717) is 17.5 Å². The van der Waals surface area contributed by atoms with E-state index < -0.39 is 0 Å². The number of aryl methyl sites for hydroxylation is 1. The van der Waals surface area contributed by atoms with Gasteiger partial charge < -0.3 is 9.42 Å². The van der Waals surface area contributed by atoms with Crippen molar-refractivity contribution >= 4 is 29.0 Å². The third kappa shape index (κ3) is 3.79. The van der Waals surface area contributed by atoms with Crippen molar-refractivity contribution in [1.82, 2.24) is 24.9 Å². The van der Waals surface area contributed by atoms with Crippen LogP contribution in [0.1, 0.15) is 24.3 Å². The molecule has 1 saturated heterocycles. The van der Waals surface area contributed by atoms with Gasteiger partial charge in [-0.2, -0.15) is 4.98 Å². The molecule has 0 amide bonds. The highest BCUT2D eigenvalue weighted by molar-refractivity contribution is 7.98. The molecule has 0 radical (unpaired) electrons. The molecule has 3 aromatic heterocycles. The zero-order chi connectivity index (χ0) is 19.6. The van der Waals surface area contributed by atoms with Crippen LogP contribution in [0.2, 0.25) is 0 Å². The van der Waals surface area contributed by atoms with E-state index in [0.717, 1.165) is 34.8 Å². The van der Waals surface area contributed by atoms with E-state index >= 15 is 0 Å². The molecule has 9 heteroatoms. The number of hydrogen-bond donors (Lipinski definition) is 0. The molecular formula is C20H20N6OS2. The molecule has 1 aromatic carbocycles. The summed E-state index contributed by atoms with van der Waals surface area (Å²) >= 11 is 3.16. The largest absolute Gasteiger partial charge is 0.341 e. The molecule has 0 aliphatic carbocycles. The van der Waals surface area contributed by atoms with E-state index in [-0.39, 0.29) is 0 Å². The number of hydrogen-bond acceptors (Lipinski definition) is 8. The number of rotatable bonds is 6. The molecule has 0 spiro atoms. The van der Waals surface area contributed by atoms with Gasteiger partial charge in [0.2, 0.25) is 17.7 Å². The summed E-state index contributed by atoms with van der Waals surface area (Å²) in [7, 11) is 0. The van der Waals surface area contributed by atoms with Gasteiger partial charge in [0.1, 0.15) is 0 Å². The number of nitrogens with zero attached hydrogens (tertiary/aromatic N) is 6. The minimum absolute atomic E-state index is 0.544. The van der Waals surface area contributed by atoms with E-state index in [2.05, 4.69) is 61.0 Å². The topological polar surface area (TPSA) is 72.9 Å². The first kappa shape index (κ1) is 18.4. The maximum absolute atomic E-state index is 5.43. The van der Waals surface area contributed by atoms with Crippen molar-refractivity contribution in [1.29, 1.82) is 0 Å². The average molecular weight is 425 g/mol. The van der Waals surface area contributed by atoms with Crippen LogP contribution in [0, 0.1) is 6.92 Å². The minimum Gasteiger partial charge on any atom is -0.341 e. The summed E-state index contributed by atoms with van der Waals surface area (Å²) in [6, 6.07) is 12.4. The van der Waals surface area contributed by atoms with Crippen LogP contribution in [0.5, 0.6) is 0 Å². The van der Waals surface area contributed by atoms with Gasteiger partial charge in [0.25, 0.3) is 0 Å². The van der Waals surface area contributed by atoms with Crippen LogP contribution in [-0.2, 0) is 5.75 Å². The number of anilines is 1. The maximum atomic E-state index is 5.43. The molecule has 29 heavy (non-hydrogen) atoms. The molecular weight excluding hydrogens is 404 g/mol. The van der Waals surface area contributed by atoms with Gasteiger partial charge in [0, 0.05) is 13.1 Å². The van der Waals surface area contributed by atoms with Crippen molar-refractivity contribution in [2.24, 2.45) is 0 Å². The molecule has 4 heterocycles. The van der Waals surface area contributed by atoms with Gasteiger partial charge in [-0.1, -0.05) is 40.7 Å². The van der Waals surface area contributed by atoms with Gasteiger partial charge in [-0.25, -0.2) is 0 Å². The Morgan fingerprint density at radius 2 is 1.93 bits per heavy atom. The highest BCUT2D eigenvalue weighted by atomic mass is 32.2. The number of aromatic nitrogens is 5. The molecule has 4 aromatic rings. The second-order valence-electron chi connectivity index (χ2n) is 6.93. The van der Waals surface area contributed by atoms with Crippen molar-refractivity contribution in [2.75, 3.05) is 18.0 Å². The lowest BCUT2D eigenvalue weighted by atomic mass is 10.2.